The van der Waals surface area contributed by atoms with E-state index >= 15 is 0 Å². The number of benzene rings is 1. The first kappa shape index (κ1) is 10.5. The molecular weight excluding hydrogens is 228 g/mol. The van der Waals surface area contributed by atoms with Crippen molar-refractivity contribution in [3.05, 3.63) is 41.2 Å². The molecule has 1 amide bonds. The lowest BCUT2D eigenvalue weighted by atomic mass is 10.1. The van der Waals surface area contributed by atoms with Gasteiger partial charge in [0, 0.05) is 5.02 Å². The number of rotatable bonds is 2. The summed E-state index contributed by atoms with van der Waals surface area (Å²) in [6, 6.07) is 4.75. The molecule has 2 rings (SSSR count). The maximum absolute atomic E-state index is 11.2. The number of halogens is 1. The average molecular weight is 237 g/mol. The SMILES string of the molecule is NC(=O)c1ccc(Cl)cc1-n1cc(N)cn1. The highest BCUT2D eigenvalue weighted by atomic mass is 35.5. The Balaban J connectivity index is 2.62. The van der Waals surface area contributed by atoms with Gasteiger partial charge in [-0.3, -0.25) is 4.79 Å². The van der Waals surface area contributed by atoms with Crippen molar-refractivity contribution < 1.29 is 4.79 Å². The molecule has 6 heteroatoms. The van der Waals surface area contributed by atoms with Crippen molar-refractivity contribution in [3.8, 4) is 5.69 Å². The molecule has 0 saturated carbocycles. The second kappa shape index (κ2) is 3.86. The summed E-state index contributed by atoms with van der Waals surface area (Å²) >= 11 is 5.85. The first-order chi connectivity index (χ1) is 7.58. The second-order valence-corrected chi connectivity index (χ2v) is 3.68. The van der Waals surface area contributed by atoms with Crippen LogP contribution in [0.5, 0.6) is 0 Å². The Morgan fingerprint density at radius 3 is 2.75 bits per heavy atom. The molecule has 0 fully saturated rings. The lowest BCUT2D eigenvalue weighted by Crippen LogP contribution is -2.14. The quantitative estimate of drug-likeness (QED) is 0.822. The van der Waals surface area contributed by atoms with Crippen molar-refractivity contribution in [3.63, 3.8) is 0 Å². The summed E-state index contributed by atoms with van der Waals surface area (Å²) in [5, 5.41) is 4.49. The zero-order valence-electron chi connectivity index (χ0n) is 8.22. The molecule has 0 bridgehead atoms. The maximum atomic E-state index is 11.2. The van der Waals surface area contributed by atoms with Crippen LogP contribution in [0.2, 0.25) is 5.02 Å². The number of hydrogen-bond donors (Lipinski definition) is 2. The number of carbonyl (C=O) groups is 1. The maximum Gasteiger partial charge on any atom is 0.250 e. The topological polar surface area (TPSA) is 86.9 Å². The van der Waals surface area contributed by atoms with Crippen molar-refractivity contribution >= 4 is 23.2 Å². The Morgan fingerprint density at radius 2 is 2.19 bits per heavy atom. The second-order valence-electron chi connectivity index (χ2n) is 3.24. The standard InChI is InChI=1S/C10H9ClN4O/c11-6-1-2-8(10(13)16)9(3-6)15-5-7(12)4-14-15/h1-5H,12H2,(H2,13,16). The van der Waals surface area contributed by atoms with Crippen molar-refractivity contribution in [1.29, 1.82) is 0 Å². The Bertz CT molecular complexity index is 550. The van der Waals surface area contributed by atoms with Gasteiger partial charge in [-0.1, -0.05) is 11.6 Å². The Hall–Kier alpha value is -2.01. The summed E-state index contributed by atoms with van der Waals surface area (Å²) < 4.78 is 1.46. The number of nitrogens with zero attached hydrogens (tertiary/aromatic N) is 2. The van der Waals surface area contributed by atoms with Crippen LogP contribution in [0.25, 0.3) is 5.69 Å². The molecule has 0 aliphatic rings. The van der Waals surface area contributed by atoms with Crippen LogP contribution < -0.4 is 11.5 Å². The molecule has 1 heterocycles. The summed E-state index contributed by atoms with van der Waals surface area (Å²) in [6.45, 7) is 0. The zero-order valence-corrected chi connectivity index (χ0v) is 8.98. The third kappa shape index (κ3) is 1.85. The van der Waals surface area contributed by atoms with E-state index in [-0.39, 0.29) is 0 Å². The summed E-state index contributed by atoms with van der Waals surface area (Å²) in [4.78, 5) is 11.2. The van der Waals surface area contributed by atoms with Gasteiger partial charge in [-0.2, -0.15) is 5.10 Å². The van der Waals surface area contributed by atoms with Crippen LogP contribution in [0.3, 0.4) is 0 Å². The minimum Gasteiger partial charge on any atom is -0.396 e. The molecule has 0 saturated heterocycles. The number of carbonyl (C=O) groups excluding carboxylic acids is 1. The summed E-state index contributed by atoms with van der Waals surface area (Å²) in [7, 11) is 0. The minimum atomic E-state index is -0.541. The molecule has 0 aliphatic heterocycles. The van der Waals surface area contributed by atoms with Gasteiger partial charge in [-0.05, 0) is 18.2 Å². The van der Waals surface area contributed by atoms with Gasteiger partial charge >= 0.3 is 0 Å². The van der Waals surface area contributed by atoms with E-state index in [2.05, 4.69) is 5.10 Å². The van der Waals surface area contributed by atoms with Gasteiger partial charge in [0.05, 0.1) is 29.3 Å². The highest BCUT2D eigenvalue weighted by Crippen LogP contribution is 2.20. The van der Waals surface area contributed by atoms with Crippen molar-refractivity contribution in [2.24, 2.45) is 5.73 Å². The molecule has 0 unspecified atom stereocenters. The molecule has 5 nitrogen and oxygen atoms in total. The predicted octanol–water partition coefficient (Wildman–Crippen LogP) is 1.21. The molecule has 1 aromatic carbocycles. The van der Waals surface area contributed by atoms with Gasteiger partial charge in [0.25, 0.3) is 5.91 Å². The summed E-state index contributed by atoms with van der Waals surface area (Å²) in [6.07, 6.45) is 3.06. The number of nitrogen functional groups attached to an aromatic ring is 1. The molecule has 2 aromatic rings. The monoisotopic (exact) mass is 236 g/mol. The smallest absolute Gasteiger partial charge is 0.250 e. The minimum absolute atomic E-state index is 0.340. The van der Waals surface area contributed by atoms with Gasteiger partial charge in [0.15, 0.2) is 0 Å². The van der Waals surface area contributed by atoms with Crippen LogP contribution in [0.15, 0.2) is 30.6 Å². The van der Waals surface area contributed by atoms with Crippen LogP contribution >= 0.6 is 11.6 Å². The zero-order chi connectivity index (χ0) is 11.7. The lowest BCUT2D eigenvalue weighted by Gasteiger charge is -2.06. The number of aromatic nitrogens is 2. The van der Waals surface area contributed by atoms with Crippen LogP contribution in [0, 0.1) is 0 Å². The molecule has 1 aromatic heterocycles. The molecular formula is C10H9ClN4O. The molecule has 0 radical (unpaired) electrons. The van der Waals surface area contributed by atoms with Gasteiger partial charge in [-0.25, -0.2) is 4.68 Å². The molecule has 16 heavy (non-hydrogen) atoms. The predicted molar refractivity (Wildman–Crippen MR) is 61.5 cm³/mol. The van der Waals surface area contributed by atoms with Crippen LogP contribution in [0.4, 0.5) is 5.69 Å². The van der Waals surface area contributed by atoms with E-state index < -0.39 is 5.91 Å². The average Bonchev–Trinajstić information content (AvgIpc) is 2.64. The number of anilines is 1. The van der Waals surface area contributed by atoms with Crippen LogP contribution in [-0.2, 0) is 0 Å². The van der Waals surface area contributed by atoms with Crippen molar-refractivity contribution in [2.75, 3.05) is 5.73 Å². The van der Waals surface area contributed by atoms with E-state index in [0.717, 1.165) is 0 Å². The van der Waals surface area contributed by atoms with Crippen LogP contribution in [-0.4, -0.2) is 15.7 Å². The van der Waals surface area contributed by atoms with E-state index in [9.17, 15) is 4.79 Å². The third-order valence-electron chi connectivity index (χ3n) is 2.07. The fraction of sp³-hybridized carbons (Fsp3) is 0. The van der Waals surface area contributed by atoms with E-state index in [4.69, 9.17) is 23.1 Å². The number of hydrogen-bond acceptors (Lipinski definition) is 3. The molecule has 4 N–H and O–H groups in total. The first-order valence-corrected chi connectivity index (χ1v) is 4.85. The molecule has 0 spiro atoms. The highest BCUT2D eigenvalue weighted by molar-refractivity contribution is 6.31. The fourth-order valence-corrected chi connectivity index (χ4v) is 1.54. The summed E-state index contributed by atoms with van der Waals surface area (Å²) in [5.41, 5.74) is 12.1. The number of primary amides is 1. The highest BCUT2D eigenvalue weighted by Gasteiger charge is 2.11. The van der Waals surface area contributed by atoms with Crippen molar-refractivity contribution in [2.45, 2.75) is 0 Å². The Labute approximate surface area is 96.6 Å². The lowest BCUT2D eigenvalue weighted by molar-refractivity contribution is 0.1000. The van der Waals surface area contributed by atoms with Gasteiger partial charge in [0.2, 0.25) is 0 Å². The van der Waals surface area contributed by atoms with Gasteiger partial charge < -0.3 is 11.5 Å². The van der Waals surface area contributed by atoms with E-state index in [0.29, 0.717) is 22.0 Å². The normalized spacial score (nSPS) is 10.3. The van der Waals surface area contributed by atoms with Crippen molar-refractivity contribution in [1.82, 2.24) is 9.78 Å². The summed E-state index contributed by atoms with van der Waals surface area (Å²) in [5.74, 6) is -0.541. The third-order valence-corrected chi connectivity index (χ3v) is 2.31. The van der Waals surface area contributed by atoms with E-state index in [1.165, 1.54) is 10.9 Å². The van der Waals surface area contributed by atoms with E-state index in [1.54, 1.807) is 24.4 Å². The molecule has 82 valence electrons. The Morgan fingerprint density at radius 1 is 1.44 bits per heavy atom. The fourth-order valence-electron chi connectivity index (χ4n) is 1.37. The Kier molecular flexibility index (Phi) is 2.54. The molecule has 0 aliphatic carbocycles. The van der Waals surface area contributed by atoms with Crippen LogP contribution in [0.1, 0.15) is 10.4 Å². The van der Waals surface area contributed by atoms with Gasteiger partial charge in [0.1, 0.15) is 0 Å². The first-order valence-electron chi connectivity index (χ1n) is 4.48. The molecule has 0 atom stereocenters. The largest absolute Gasteiger partial charge is 0.396 e. The van der Waals surface area contributed by atoms with E-state index in [1.807, 2.05) is 0 Å². The van der Waals surface area contributed by atoms with Gasteiger partial charge in [-0.15, -0.1) is 0 Å². The number of amides is 1. The number of nitrogens with two attached hydrogens (primary N) is 2.